The van der Waals surface area contributed by atoms with E-state index in [0.29, 0.717) is 6.04 Å². The Morgan fingerprint density at radius 3 is 2.35 bits per heavy atom. The molecule has 0 aromatic heterocycles. The molecule has 4 nitrogen and oxygen atoms in total. The zero-order valence-corrected chi connectivity index (χ0v) is 11.6. The Bertz CT molecular complexity index is 255. The van der Waals surface area contributed by atoms with Gasteiger partial charge < -0.3 is 16.0 Å². The van der Waals surface area contributed by atoms with E-state index in [1.807, 2.05) is 13.8 Å². The lowest BCUT2D eigenvalue weighted by Gasteiger charge is -2.36. The lowest BCUT2D eigenvalue weighted by atomic mass is 9.97. The zero-order chi connectivity index (χ0) is 13.1. The molecule has 3 N–H and O–H groups in total. The van der Waals surface area contributed by atoms with Crippen molar-refractivity contribution in [3.8, 4) is 0 Å². The van der Waals surface area contributed by atoms with Crippen LogP contribution < -0.4 is 11.1 Å². The van der Waals surface area contributed by atoms with Gasteiger partial charge in [0.25, 0.3) is 0 Å². The molecule has 0 bridgehead atoms. The molecular weight excluding hydrogens is 214 g/mol. The molecule has 100 valence electrons. The Labute approximate surface area is 105 Å². The molecule has 0 spiro atoms. The van der Waals surface area contributed by atoms with Gasteiger partial charge in [-0.2, -0.15) is 0 Å². The van der Waals surface area contributed by atoms with E-state index in [1.54, 1.807) is 0 Å². The average molecular weight is 241 g/mol. The van der Waals surface area contributed by atoms with Gasteiger partial charge in [0, 0.05) is 12.6 Å². The van der Waals surface area contributed by atoms with Gasteiger partial charge in [-0.05, 0) is 45.7 Å². The maximum Gasteiger partial charge on any atom is 0.237 e. The van der Waals surface area contributed by atoms with Gasteiger partial charge in [0.2, 0.25) is 5.91 Å². The van der Waals surface area contributed by atoms with Gasteiger partial charge in [-0.3, -0.25) is 4.79 Å². The molecule has 1 rings (SSSR count). The molecule has 0 atom stereocenters. The highest BCUT2D eigenvalue weighted by molar-refractivity contribution is 5.83. The predicted molar refractivity (Wildman–Crippen MR) is 70.7 cm³/mol. The molecule has 0 aliphatic carbocycles. The molecule has 1 fully saturated rings. The minimum absolute atomic E-state index is 0.276. The van der Waals surface area contributed by atoms with Crippen LogP contribution in [0.4, 0.5) is 0 Å². The molecule has 1 saturated heterocycles. The van der Waals surface area contributed by atoms with Crippen LogP contribution in [0, 0.1) is 5.92 Å². The molecule has 1 aliphatic rings. The Balaban J connectivity index is 2.35. The van der Waals surface area contributed by atoms with Crippen LogP contribution in [0.5, 0.6) is 0 Å². The topological polar surface area (TPSA) is 58.4 Å². The van der Waals surface area contributed by atoms with Gasteiger partial charge in [-0.15, -0.1) is 0 Å². The van der Waals surface area contributed by atoms with Crippen LogP contribution >= 0.6 is 0 Å². The van der Waals surface area contributed by atoms with Gasteiger partial charge in [0.15, 0.2) is 0 Å². The largest absolute Gasteiger partial charge is 0.368 e. The first kappa shape index (κ1) is 14.5. The SMILES string of the molecule is CC(C)CN1CCC(NC(C)(C)C(N)=O)CC1. The highest BCUT2D eigenvalue weighted by Gasteiger charge is 2.29. The van der Waals surface area contributed by atoms with Crippen LogP contribution in [-0.4, -0.2) is 42.0 Å². The van der Waals surface area contributed by atoms with Gasteiger partial charge in [0.1, 0.15) is 0 Å². The maximum atomic E-state index is 11.3. The fraction of sp³-hybridized carbons (Fsp3) is 0.923. The van der Waals surface area contributed by atoms with Gasteiger partial charge in [-0.1, -0.05) is 13.8 Å². The molecule has 1 aliphatic heterocycles. The van der Waals surface area contributed by atoms with E-state index in [1.165, 1.54) is 6.54 Å². The summed E-state index contributed by atoms with van der Waals surface area (Å²) in [5.74, 6) is 0.448. The molecule has 0 radical (unpaired) electrons. The summed E-state index contributed by atoms with van der Waals surface area (Å²) in [5.41, 5.74) is 4.78. The van der Waals surface area contributed by atoms with Crippen LogP contribution in [0.2, 0.25) is 0 Å². The Hall–Kier alpha value is -0.610. The van der Waals surface area contributed by atoms with E-state index >= 15 is 0 Å². The number of nitrogens with one attached hydrogen (secondary N) is 1. The van der Waals surface area contributed by atoms with Gasteiger partial charge >= 0.3 is 0 Å². The number of hydrogen-bond acceptors (Lipinski definition) is 3. The molecule has 17 heavy (non-hydrogen) atoms. The molecule has 0 aromatic carbocycles. The average Bonchev–Trinajstić information content (AvgIpc) is 2.19. The van der Waals surface area contributed by atoms with Crippen molar-refractivity contribution in [1.82, 2.24) is 10.2 Å². The number of carbonyl (C=O) groups is 1. The van der Waals surface area contributed by atoms with Crippen LogP contribution in [-0.2, 0) is 4.79 Å². The molecule has 0 unspecified atom stereocenters. The minimum atomic E-state index is -0.592. The molecule has 1 heterocycles. The van der Waals surface area contributed by atoms with Gasteiger partial charge in [0.05, 0.1) is 5.54 Å². The van der Waals surface area contributed by atoms with Crippen molar-refractivity contribution in [3.05, 3.63) is 0 Å². The quantitative estimate of drug-likeness (QED) is 0.754. The lowest BCUT2D eigenvalue weighted by molar-refractivity contribution is -0.123. The smallest absolute Gasteiger partial charge is 0.237 e. The van der Waals surface area contributed by atoms with E-state index in [9.17, 15) is 4.79 Å². The molecule has 0 saturated carbocycles. The Kier molecular flexibility index (Phi) is 4.95. The monoisotopic (exact) mass is 241 g/mol. The van der Waals surface area contributed by atoms with E-state index in [-0.39, 0.29) is 5.91 Å². The summed E-state index contributed by atoms with van der Waals surface area (Å²) < 4.78 is 0. The van der Waals surface area contributed by atoms with Crippen molar-refractivity contribution < 1.29 is 4.79 Å². The number of rotatable bonds is 5. The van der Waals surface area contributed by atoms with Crippen LogP contribution in [0.3, 0.4) is 0 Å². The number of nitrogens with two attached hydrogens (primary N) is 1. The minimum Gasteiger partial charge on any atom is -0.368 e. The number of amides is 1. The van der Waals surface area contributed by atoms with Crippen molar-refractivity contribution in [1.29, 1.82) is 0 Å². The molecular formula is C13H27N3O. The van der Waals surface area contributed by atoms with E-state index in [4.69, 9.17) is 5.73 Å². The second-order valence-electron chi connectivity index (χ2n) is 6.10. The summed E-state index contributed by atoms with van der Waals surface area (Å²) >= 11 is 0. The third kappa shape index (κ3) is 4.64. The van der Waals surface area contributed by atoms with Gasteiger partial charge in [-0.25, -0.2) is 0 Å². The summed E-state index contributed by atoms with van der Waals surface area (Å²) in [6.45, 7) is 11.6. The number of carbonyl (C=O) groups excluding carboxylic acids is 1. The second kappa shape index (κ2) is 5.83. The number of nitrogens with zero attached hydrogens (tertiary/aromatic N) is 1. The number of likely N-dealkylation sites (tertiary alicyclic amines) is 1. The second-order valence-corrected chi connectivity index (χ2v) is 6.10. The summed E-state index contributed by atoms with van der Waals surface area (Å²) in [5, 5.41) is 3.37. The normalized spacial score (nSPS) is 19.8. The highest BCUT2D eigenvalue weighted by atomic mass is 16.1. The van der Waals surface area contributed by atoms with Crippen molar-refractivity contribution in [2.75, 3.05) is 19.6 Å². The van der Waals surface area contributed by atoms with E-state index < -0.39 is 5.54 Å². The number of piperidine rings is 1. The third-order valence-electron chi connectivity index (χ3n) is 3.39. The molecule has 0 aromatic rings. The standard InChI is InChI=1S/C13H27N3O/c1-10(2)9-16-7-5-11(6-8-16)15-13(3,4)12(14)17/h10-11,15H,5-9H2,1-4H3,(H2,14,17). The van der Waals surface area contributed by atoms with E-state index in [0.717, 1.165) is 31.8 Å². The Morgan fingerprint density at radius 2 is 1.94 bits per heavy atom. The fourth-order valence-electron chi connectivity index (χ4n) is 2.36. The molecule has 1 amide bonds. The van der Waals surface area contributed by atoms with Crippen molar-refractivity contribution in [2.45, 2.75) is 52.1 Å². The number of hydrogen-bond donors (Lipinski definition) is 2. The maximum absolute atomic E-state index is 11.3. The van der Waals surface area contributed by atoms with Crippen molar-refractivity contribution >= 4 is 5.91 Å². The zero-order valence-electron chi connectivity index (χ0n) is 11.6. The fourth-order valence-corrected chi connectivity index (χ4v) is 2.36. The van der Waals surface area contributed by atoms with Crippen molar-refractivity contribution in [3.63, 3.8) is 0 Å². The highest BCUT2D eigenvalue weighted by Crippen LogP contribution is 2.15. The Morgan fingerprint density at radius 1 is 1.41 bits per heavy atom. The van der Waals surface area contributed by atoms with E-state index in [2.05, 4.69) is 24.1 Å². The summed E-state index contributed by atoms with van der Waals surface area (Å²) in [4.78, 5) is 13.8. The first-order valence-electron chi connectivity index (χ1n) is 6.61. The van der Waals surface area contributed by atoms with Crippen LogP contribution in [0.1, 0.15) is 40.5 Å². The summed E-state index contributed by atoms with van der Waals surface area (Å²) in [6.07, 6.45) is 2.20. The van der Waals surface area contributed by atoms with Crippen LogP contribution in [0.25, 0.3) is 0 Å². The summed E-state index contributed by atoms with van der Waals surface area (Å²) in [7, 11) is 0. The summed E-state index contributed by atoms with van der Waals surface area (Å²) in [6, 6.07) is 0.418. The number of primary amides is 1. The third-order valence-corrected chi connectivity index (χ3v) is 3.39. The predicted octanol–water partition coefficient (Wildman–Crippen LogP) is 0.960. The van der Waals surface area contributed by atoms with Crippen molar-refractivity contribution in [2.24, 2.45) is 11.7 Å². The van der Waals surface area contributed by atoms with Crippen LogP contribution in [0.15, 0.2) is 0 Å². The molecule has 4 heteroatoms. The lowest BCUT2D eigenvalue weighted by Crippen LogP contribution is -2.56. The first-order chi connectivity index (χ1) is 7.81. The first-order valence-corrected chi connectivity index (χ1v) is 6.61.